The van der Waals surface area contributed by atoms with Gasteiger partial charge >= 0.3 is 0 Å². The van der Waals surface area contributed by atoms with Crippen LogP contribution in [0.4, 0.5) is 0 Å². The summed E-state index contributed by atoms with van der Waals surface area (Å²) < 4.78 is 5.02. The average molecular weight is 259 g/mol. The summed E-state index contributed by atoms with van der Waals surface area (Å²) in [5.74, 6) is 1.01. The molecule has 0 unspecified atom stereocenters. The lowest BCUT2D eigenvalue weighted by Crippen LogP contribution is -2.18. The number of hydrogen-bond donors (Lipinski definition) is 2. The molecule has 3 N–H and O–H groups in total. The zero-order valence-electron chi connectivity index (χ0n) is 10.8. The minimum absolute atomic E-state index is 0.0211. The third-order valence-corrected chi connectivity index (χ3v) is 2.56. The Morgan fingerprint density at radius 3 is 2.74 bits per heavy atom. The molecule has 1 aromatic heterocycles. The van der Waals surface area contributed by atoms with Crippen molar-refractivity contribution in [2.45, 2.75) is 19.5 Å². The second kappa shape index (κ2) is 6.10. The van der Waals surface area contributed by atoms with Crippen LogP contribution >= 0.6 is 0 Å². The second-order valence-electron chi connectivity index (χ2n) is 4.46. The van der Waals surface area contributed by atoms with Gasteiger partial charge in [-0.25, -0.2) is 0 Å². The van der Waals surface area contributed by atoms with Crippen LogP contribution in [-0.2, 0) is 19.5 Å². The molecule has 0 atom stereocenters. The van der Waals surface area contributed by atoms with Crippen molar-refractivity contribution in [1.29, 1.82) is 5.41 Å². The lowest BCUT2D eigenvalue weighted by Gasteiger charge is -2.13. The standard InChI is InChI=1S/C13H17N5O/c1-18(8-10-5-3-2-4-6-10)9-12-16-13(19-17-12)7-11(14)15/h2-6H,7-9H2,1H3,(H3,14,15). The highest BCUT2D eigenvalue weighted by Gasteiger charge is 2.09. The van der Waals surface area contributed by atoms with Crippen LogP contribution in [0.3, 0.4) is 0 Å². The van der Waals surface area contributed by atoms with E-state index in [-0.39, 0.29) is 12.3 Å². The molecule has 2 aromatic rings. The van der Waals surface area contributed by atoms with Gasteiger partial charge in [-0.3, -0.25) is 10.3 Å². The number of nitrogens with zero attached hydrogens (tertiary/aromatic N) is 3. The fourth-order valence-corrected chi connectivity index (χ4v) is 1.78. The molecule has 0 bridgehead atoms. The average Bonchev–Trinajstić information content (AvgIpc) is 2.76. The molecule has 1 heterocycles. The van der Waals surface area contributed by atoms with Crippen molar-refractivity contribution in [3.63, 3.8) is 0 Å². The molecule has 0 saturated heterocycles. The predicted molar refractivity (Wildman–Crippen MR) is 71.5 cm³/mol. The van der Waals surface area contributed by atoms with Crippen LogP contribution < -0.4 is 5.73 Å². The van der Waals surface area contributed by atoms with Crippen LogP contribution in [0, 0.1) is 5.41 Å². The monoisotopic (exact) mass is 259 g/mol. The van der Waals surface area contributed by atoms with Gasteiger partial charge in [0.15, 0.2) is 5.82 Å². The van der Waals surface area contributed by atoms with Crippen LogP contribution in [0.1, 0.15) is 17.3 Å². The van der Waals surface area contributed by atoms with E-state index in [1.165, 1.54) is 5.56 Å². The van der Waals surface area contributed by atoms with E-state index in [0.717, 1.165) is 6.54 Å². The molecule has 6 nitrogen and oxygen atoms in total. The van der Waals surface area contributed by atoms with Crippen molar-refractivity contribution in [3.05, 3.63) is 47.6 Å². The van der Waals surface area contributed by atoms with Crippen molar-refractivity contribution in [3.8, 4) is 0 Å². The van der Waals surface area contributed by atoms with Crippen LogP contribution in [0.25, 0.3) is 0 Å². The second-order valence-corrected chi connectivity index (χ2v) is 4.46. The van der Waals surface area contributed by atoms with Crippen molar-refractivity contribution in [2.75, 3.05) is 7.05 Å². The van der Waals surface area contributed by atoms with E-state index in [0.29, 0.717) is 18.3 Å². The highest BCUT2D eigenvalue weighted by Crippen LogP contribution is 2.06. The number of amidine groups is 1. The zero-order chi connectivity index (χ0) is 13.7. The Morgan fingerprint density at radius 1 is 1.32 bits per heavy atom. The molecule has 2 rings (SSSR count). The van der Waals surface area contributed by atoms with Gasteiger partial charge in [0.2, 0.25) is 5.89 Å². The van der Waals surface area contributed by atoms with E-state index in [1.54, 1.807) is 0 Å². The Kier molecular flexibility index (Phi) is 4.25. The van der Waals surface area contributed by atoms with E-state index in [2.05, 4.69) is 27.2 Å². The van der Waals surface area contributed by atoms with E-state index in [4.69, 9.17) is 15.7 Å². The molecule has 6 heteroatoms. The summed E-state index contributed by atoms with van der Waals surface area (Å²) in [5, 5.41) is 11.0. The third-order valence-electron chi connectivity index (χ3n) is 2.56. The largest absolute Gasteiger partial charge is 0.387 e. The van der Waals surface area contributed by atoms with Crippen LogP contribution in [0.5, 0.6) is 0 Å². The van der Waals surface area contributed by atoms with Crippen LogP contribution in [0.15, 0.2) is 34.9 Å². The maximum Gasteiger partial charge on any atom is 0.234 e. The lowest BCUT2D eigenvalue weighted by atomic mass is 10.2. The number of benzene rings is 1. The Bertz CT molecular complexity index is 537. The normalized spacial score (nSPS) is 10.8. The molecule has 0 aliphatic carbocycles. The number of aromatic nitrogens is 2. The number of nitrogens with two attached hydrogens (primary N) is 1. The van der Waals surface area contributed by atoms with E-state index in [1.807, 2.05) is 25.2 Å². The fourth-order valence-electron chi connectivity index (χ4n) is 1.78. The molecule has 0 aliphatic rings. The van der Waals surface area contributed by atoms with Gasteiger partial charge in [-0.05, 0) is 12.6 Å². The highest BCUT2D eigenvalue weighted by molar-refractivity contribution is 5.78. The Balaban J connectivity index is 1.90. The summed E-state index contributed by atoms with van der Waals surface area (Å²) in [7, 11) is 1.99. The van der Waals surface area contributed by atoms with E-state index >= 15 is 0 Å². The molecule has 19 heavy (non-hydrogen) atoms. The van der Waals surface area contributed by atoms with E-state index in [9.17, 15) is 0 Å². The molecule has 0 fully saturated rings. The summed E-state index contributed by atoms with van der Waals surface area (Å²) in [6.07, 6.45) is 0.204. The predicted octanol–water partition coefficient (Wildman–Crippen LogP) is 1.18. The molecule has 100 valence electrons. The maximum absolute atomic E-state index is 7.17. The molecule has 0 saturated carbocycles. The number of rotatable bonds is 6. The summed E-state index contributed by atoms with van der Waals surface area (Å²) in [6, 6.07) is 10.2. The Hall–Kier alpha value is -2.21. The molecular weight excluding hydrogens is 242 g/mol. The van der Waals surface area contributed by atoms with Gasteiger partial charge in [0.05, 0.1) is 13.0 Å². The summed E-state index contributed by atoms with van der Waals surface area (Å²) in [6.45, 7) is 1.41. The van der Waals surface area contributed by atoms with E-state index < -0.39 is 0 Å². The van der Waals surface area contributed by atoms with Crippen molar-refractivity contribution >= 4 is 5.84 Å². The van der Waals surface area contributed by atoms with Gasteiger partial charge in [0, 0.05) is 6.54 Å². The van der Waals surface area contributed by atoms with Gasteiger partial charge in [-0.1, -0.05) is 35.5 Å². The summed E-state index contributed by atoms with van der Waals surface area (Å²) in [4.78, 5) is 6.29. The molecular formula is C13H17N5O. The minimum atomic E-state index is 0.0211. The van der Waals surface area contributed by atoms with Crippen molar-refractivity contribution < 1.29 is 4.52 Å². The molecule has 0 aliphatic heterocycles. The number of nitrogens with one attached hydrogen (secondary N) is 1. The highest BCUT2D eigenvalue weighted by atomic mass is 16.5. The first-order valence-electron chi connectivity index (χ1n) is 6.00. The first kappa shape index (κ1) is 13.2. The maximum atomic E-state index is 7.17. The molecule has 1 aromatic carbocycles. The van der Waals surface area contributed by atoms with Crippen molar-refractivity contribution in [2.24, 2.45) is 5.73 Å². The zero-order valence-corrected chi connectivity index (χ0v) is 10.8. The minimum Gasteiger partial charge on any atom is -0.387 e. The SMILES string of the molecule is CN(Cc1ccccc1)Cc1noc(CC(=N)N)n1. The lowest BCUT2D eigenvalue weighted by molar-refractivity contribution is 0.300. The van der Waals surface area contributed by atoms with Gasteiger partial charge in [0.25, 0.3) is 0 Å². The van der Waals surface area contributed by atoms with Gasteiger partial charge in [0.1, 0.15) is 5.84 Å². The van der Waals surface area contributed by atoms with Crippen LogP contribution in [0.2, 0.25) is 0 Å². The number of hydrogen-bond acceptors (Lipinski definition) is 5. The first-order chi connectivity index (χ1) is 9.13. The Morgan fingerprint density at radius 2 is 2.05 bits per heavy atom. The van der Waals surface area contributed by atoms with Gasteiger partial charge < -0.3 is 10.3 Å². The molecule has 0 spiro atoms. The smallest absolute Gasteiger partial charge is 0.234 e. The molecule has 0 amide bonds. The Labute approximate surface area is 111 Å². The van der Waals surface area contributed by atoms with Gasteiger partial charge in [-0.2, -0.15) is 4.98 Å². The topological polar surface area (TPSA) is 92.0 Å². The summed E-state index contributed by atoms with van der Waals surface area (Å²) in [5.41, 5.74) is 6.52. The first-order valence-corrected chi connectivity index (χ1v) is 6.00. The van der Waals surface area contributed by atoms with Crippen LogP contribution in [-0.4, -0.2) is 27.9 Å². The van der Waals surface area contributed by atoms with Crippen molar-refractivity contribution in [1.82, 2.24) is 15.0 Å². The van der Waals surface area contributed by atoms with Gasteiger partial charge in [-0.15, -0.1) is 0 Å². The summed E-state index contributed by atoms with van der Waals surface area (Å²) >= 11 is 0. The molecule has 0 radical (unpaired) electrons. The quantitative estimate of drug-likeness (QED) is 0.600. The fraction of sp³-hybridized carbons (Fsp3) is 0.308. The third kappa shape index (κ3) is 4.18.